The van der Waals surface area contributed by atoms with Gasteiger partial charge in [0.05, 0.1) is 34.4 Å². The maximum absolute atomic E-state index is 12.8. The number of carbonyl (C=O) groups excluding carboxylic acids is 2. The number of allylic oxidation sites excluding steroid dienone is 2. The van der Waals surface area contributed by atoms with Crippen molar-refractivity contribution in [1.82, 2.24) is 0 Å². The summed E-state index contributed by atoms with van der Waals surface area (Å²) in [4.78, 5) is 37.2. The van der Waals surface area contributed by atoms with Crippen LogP contribution in [0.25, 0.3) is 0 Å². The van der Waals surface area contributed by atoms with Crippen LogP contribution < -0.4 is 0 Å². The lowest BCUT2D eigenvalue weighted by Gasteiger charge is -2.31. The number of nitrogens with zero attached hydrogens (tertiary/aromatic N) is 1. The zero-order valence-electron chi connectivity index (χ0n) is 44.0. The molecule has 0 saturated heterocycles. The van der Waals surface area contributed by atoms with Gasteiger partial charge in [0.2, 0.25) is 0 Å². The van der Waals surface area contributed by atoms with Gasteiger partial charge < -0.3 is 23.8 Å². The van der Waals surface area contributed by atoms with Crippen molar-refractivity contribution in [1.29, 1.82) is 0 Å². The molecule has 1 N–H and O–H groups in total. The predicted octanol–water partition coefficient (Wildman–Crippen LogP) is 16.6. The van der Waals surface area contributed by atoms with Crippen molar-refractivity contribution in [2.75, 3.05) is 41.0 Å². The number of quaternary nitrogens is 1. The molecule has 0 aliphatic carbocycles. The number of rotatable bonds is 52. The molecule has 0 aromatic rings. The largest absolute Gasteiger partial charge is 0.477 e. The highest BCUT2D eigenvalue weighted by molar-refractivity contribution is 5.72. The molecule has 0 heterocycles. The number of unbranched alkanes of at least 4 members (excludes halogenated alkanes) is 36. The lowest BCUT2D eigenvalue weighted by molar-refractivity contribution is -0.887. The monoisotopic (exact) mass is 921 g/mol. The molecule has 384 valence electrons. The molecular weight excluding hydrogens is 811 g/mol. The molecular formula is C57H110NO7+. The summed E-state index contributed by atoms with van der Waals surface area (Å²) in [5, 5.41) is 9.67. The van der Waals surface area contributed by atoms with Crippen molar-refractivity contribution in [3.63, 3.8) is 0 Å². The lowest BCUT2D eigenvalue weighted by atomic mass is 10.0. The second-order valence-electron chi connectivity index (χ2n) is 20.6. The van der Waals surface area contributed by atoms with Crippen LogP contribution in [0.1, 0.15) is 284 Å². The molecule has 0 saturated carbocycles. The van der Waals surface area contributed by atoms with Gasteiger partial charge in [0, 0.05) is 19.3 Å². The van der Waals surface area contributed by atoms with E-state index in [2.05, 4.69) is 26.0 Å². The van der Waals surface area contributed by atoms with Crippen LogP contribution >= 0.6 is 0 Å². The summed E-state index contributed by atoms with van der Waals surface area (Å²) in [6.45, 7) is 4.80. The summed E-state index contributed by atoms with van der Waals surface area (Å²) < 4.78 is 17.4. The Kier molecular flexibility index (Phi) is 47.1. The van der Waals surface area contributed by atoms with Gasteiger partial charge in [0.25, 0.3) is 0 Å². The zero-order chi connectivity index (χ0) is 47.7. The highest BCUT2D eigenvalue weighted by Crippen LogP contribution is 2.17. The van der Waals surface area contributed by atoms with E-state index in [1.54, 1.807) is 0 Å². The fraction of sp³-hybridized carbons (Fsp3) is 0.912. The van der Waals surface area contributed by atoms with Crippen LogP contribution in [0.15, 0.2) is 12.2 Å². The van der Waals surface area contributed by atoms with Gasteiger partial charge in [-0.1, -0.05) is 238 Å². The van der Waals surface area contributed by atoms with Gasteiger partial charge in [-0.3, -0.25) is 9.59 Å². The summed E-state index contributed by atoms with van der Waals surface area (Å²) in [5.74, 6) is -1.45. The Morgan fingerprint density at radius 2 is 0.769 bits per heavy atom. The zero-order valence-corrected chi connectivity index (χ0v) is 44.0. The predicted molar refractivity (Wildman–Crippen MR) is 276 cm³/mol. The first-order valence-electron chi connectivity index (χ1n) is 28.2. The van der Waals surface area contributed by atoms with Crippen LogP contribution in [-0.4, -0.2) is 80.6 Å². The summed E-state index contributed by atoms with van der Waals surface area (Å²) in [6.07, 6.45) is 55.5. The maximum atomic E-state index is 12.8. The standard InChI is InChI=1S/C57H109NO7/c1-6-8-10-12-14-16-18-20-22-24-26-28-30-32-34-36-38-40-42-44-46-48-56(60)65-53(51-63-50-49-54(57(61)62)58(3,4)5)52-64-55(59)47-45-43-41-39-37-35-33-31-29-27-25-23-21-19-17-15-13-11-9-7-2/h27,29,53-54H,6-26,28,30-52H2,1-5H3/p+1/b29-27+. The lowest BCUT2D eigenvalue weighted by Crippen LogP contribution is -2.50. The number of hydrogen-bond acceptors (Lipinski definition) is 6. The van der Waals surface area contributed by atoms with Crippen LogP contribution in [0, 0.1) is 0 Å². The molecule has 65 heavy (non-hydrogen) atoms. The van der Waals surface area contributed by atoms with E-state index in [-0.39, 0.29) is 36.2 Å². The van der Waals surface area contributed by atoms with E-state index in [9.17, 15) is 19.5 Å². The van der Waals surface area contributed by atoms with Crippen LogP contribution in [0.5, 0.6) is 0 Å². The van der Waals surface area contributed by atoms with Gasteiger partial charge in [-0.25, -0.2) is 4.79 Å². The topological polar surface area (TPSA) is 99.1 Å². The normalized spacial score (nSPS) is 12.8. The maximum Gasteiger partial charge on any atom is 0.362 e. The third-order valence-electron chi connectivity index (χ3n) is 13.2. The molecule has 0 aliphatic rings. The molecule has 0 rings (SSSR count). The van der Waals surface area contributed by atoms with E-state index < -0.39 is 18.1 Å². The van der Waals surface area contributed by atoms with E-state index >= 15 is 0 Å². The van der Waals surface area contributed by atoms with Gasteiger partial charge in [-0.2, -0.15) is 0 Å². The van der Waals surface area contributed by atoms with Crippen LogP contribution in [-0.2, 0) is 28.6 Å². The highest BCUT2D eigenvalue weighted by Gasteiger charge is 2.31. The molecule has 2 atom stereocenters. The first-order valence-corrected chi connectivity index (χ1v) is 28.2. The number of hydrogen-bond donors (Lipinski definition) is 1. The number of carboxylic acids is 1. The average molecular weight is 922 g/mol. The minimum Gasteiger partial charge on any atom is -0.477 e. The Balaban J connectivity index is 4.15. The molecule has 0 aromatic heterocycles. The molecule has 8 heteroatoms. The molecule has 0 aliphatic heterocycles. The number of aliphatic carboxylic acids is 1. The van der Waals surface area contributed by atoms with Crippen LogP contribution in [0.3, 0.4) is 0 Å². The average Bonchev–Trinajstić information content (AvgIpc) is 3.27. The van der Waals surface area contributed by atoms with E-state index in [0.717, 1.165) is 38.5 Å². The molecule has 0 aromatic carbocycles. The minimum atomic E-state index is -0.870. The van der Waals surface area contributed by atoms with E-state index in [1.807, 2.05) is 21.1 Å². The first kappa shape index (κ1) is 63.1. The number of carboxylic acid groups (broad SMARTS) is 1. The van der Waals surface area contributed by atoms with E-state index in [1.165, 1.54) is 212 Å². The van der Waals surface area contributed by atoms with Gasteiger partial charge >= 0.3 is 17.9 Å². The van der Waals surface area contributed by atoms with Crippen LogP contribution in [0.2, 0.25) is 0 Å². The number of esters is 2. The summed E-state index contributed by atoms with van der Waals surface area (Å²) in [5.41, 5.74) is 0. The molecule has 0 radical (unpaired) electrons. The van der Waals surface area contributed by atoms with Gasteiger partial charge in [-0.05, 0) is 38.5 Å². The minimum absolute atomic E-state index is 0.0464. The third-order valence-corrected chi connectivity index (χ3v) is 13.2. The van der Waals surface area contributed by atoms with Crippen molar-refractivity contribution in [3.8, 4) is 0 Å². The van der Waals surface area contributed by atoms with Gasteiger partial charge in [0.1, 0.15) is 6.61 Å². The second kappa shape index (κ2) is 48.5. The Labute approximate surface area is 403 Å². The third kappa shape index (κ3) is 46.9. The molecule has 0 spiro atoms. The number of carbonyl (C=O) groups is 3. The van der Waals surface area contributed by atoms with Gasteiger partial charge in [-0.15, -0.1) is 0 Å². The van der Waals surface area contributed by atoms with Crippen molar-refractivity contribution in [3.05, 3.63) is 12.2 Å². The molecule has 2 unspecified atom stereocenters. The van der Waals surface area contributed by atoms with Crippen molar-refractivity contribution in [2.45, 2.75) is 296 Å². The van der Waals surface area contributed by atoms with Crippen molar-refractivity contribution < 1.29 is 38.2 Å². The van der Waals surface area contributed by atoms with E-state index in [0.29, 0.717) is 19.3 Å². The smallest absolute Gasteiger partial charge is 0.362 e. The molecule has 0 bridgehead atoms. The second-order valence-corrected chi connectivity index (χ2v) is 20.6. The Bertz CT molecular complexity index is 1070. The fourth-order valence-corrected chi connectivity index (χ4v) is 8.80. The molecule has 0 amide bonds. The summed E-state index contributed by atoms with van der Waals surface area (Å²) in [7, 11) is 5.55. The quantitative estimate of drug-likeness (QED) is 0.0281. The number of ether oxygens (including phenoxy) is 3. The first-order chi connectivity index (χ1) is 31.6. The van der Waals surface area contributed by atoms with Crippen molar-refractivity contribution in [2.24, 2.45) is 0 Å². The Morgan fingerprint density at radius 3 is 1.11 bits per heavy atom. The summed E-state index contributed by atoms with van der Waals surface area (Å²) >= 11 is 0. The molecule has 8 nitrogen and oxygen atoms in total. The van der Waals surface area contributed by atoms with Crippen LogP contribution in [0.4, 0.5) is 0 Å². The Morgan fingerprint density at radius 1 is 0.446 bits per heavy atom. The summed E-state index contributed by atoms with van der Waals surface area (Å²) in [6, 6.07) is -0.612. The fourth-order valence-electron chi connectivity index (χ4n) is 8.80. The molecule has 0 fully saturated rings. The van der Waals surface area contributed by atoms with E-state index in [4.69, 9.17) is 14.2 Å². The highest BCUT2D eigenvalue weighted by atomic mass is 16.6. The van der Waals surface area contributed by atoms with Crippen molar-refractivity contribution >= 4 is 17.9 Å². The van der Waals surface area contributed by atoms with Gasteiger partial charge in [0.15, 0.2) is 12.1 Å². The SMILES string of the molecule is CCCCCCCCCCC/C=C/CCCCCCCCCC(=O)OCC(COCCC(C(=O)O)[N+](C)(C)C)OC(=O)CCCCCCCCCCCCCCCCCCCCCCC. The Hall–Kier alpha value is -1.93. The number of likely N-dealkylation sites (N-methyl/N-ethyl adjacent to an activating group) is 1.